The molecule has 1 amide bonds. The zero-order valence-corrected chi connectivity index (χ0v) is 15.3. The minimum atomic E-state index is 0.0154. The number of benzene rings is 1. The van der Waals surface area contributed by atoms with Crippen molar-refractivity contribution < 1.29 is 9.53 Å². The number of piperazine rings is 1. The largest absolute Gasteiger partial charge is 0.369 e. The third-order valence-corrected chi connectivity index (χ3v) is 5.41. The van der Waals surface area contributed by atoms with Crippen LogP contribution >= 0.6 is 0 Å². The first-order valence-electron chi connectivity index (χ1n) is 9.65. The number of rotatable bonds is 7. The van der Waals surface area contributed by atoms with Crippen molar-refractivity contribution in [2.45, 2.75) is 44.8 Å². The Hall–Kier alpha value is -1.59. The van der Waals surface area contributed by atoms with Crippen LogP contribution in [0.5, 0.6) is 0 Å². The average Bonchev–Trinajstić information content (AvgIpc) is 3.19. The molecular formula is C20H31N3O2. The fraction of sp³-hybridized carbons (Fsp3) is 0.650. The summed E-state index contributed by atoms with van der Waals surface area (Å²) in [7, 11) is 0. The van der Waals surface area contributed by atoms with Crippen LogP contribution in [0.15, 0.2) is 30.3 Å². The van der Waals surface area contributed by atoms with E-state index in [9.17, 15) is 4.79 Å². The van der Waals surface area contributed by atoms with E-state index in [0.717, 1.165) is 39.0 Å². The number of nitrogens with one attached hydrogen (secondary N) is 1. The van der Waals surface area contributed by atoms with Gasteiger partial charge in [-0.2, -0.15) is 0 Å². The molecule has 1 aromatic rings. The molecule has 1 saturated heterocycles. The minimum Gasteiger partial charge on any atom is -0.369 e. The third kappa shape index (κ3) is 5.44. The van der Waals surface area contributed by atoms with Crippen LogP contribution in [0.4, 0.5) is 5.69 Å². The van der Waals surface area contributed by atoms with Gasteiger partial charge in [0.05, 0.1) is 6.10 Å². The highest BCUT2D eigenvalue weighted by molar-refractivity contribution is 5.77. The van der Waals surface area contributed by atoms with Gasteiger partial charge in [-0.3, -0.25) is 9.69 Å². The number of para-hydroxylation sites is 1. The van der Waals surface area contributed by atoms with E-state index < -0.39 is 0 Å². The smallest absolute Gasteiger partial charge is 0.246 e. The number of hydrogen-bond donors (Lipinski definition) is 1. The van der Waals surface area contributed by atoms with Crippen LogP contribution in [0.1, 0.15) is 32.6 Å². The number of hydrogen-bond acceptors (Lipinski definition) is 4. The summed E-state index contributed by atoms with van der Waals surface area (Å²) >= 11 is 0. The van der Waals surface area contributed by atoms with Gasteiger partial charge in [0, 0.05) is 44.5 Å². The van der Waals surface area contributed by atoms with E-state index in [1.807, 2.05) is 0 Å². The molecule has 1 saturated carbocycles. The molecule has 0 bridgehead atoms. The van der Waals surface area contributed by atoms with Crippen molar-refractivity contribution in [2.24, 2.45) is 0 Å². The monoisotopic (exact) mass is 345 g/mol. The van der Waals surface area contributed by atoms with Gasteiger partial charge in [-0.1, -0.05) is 31.0 Å². The Morgan fingerprint density at radius 1 is 1.16 bits per heavy atom. The van der Waals surface area contributed by atoms with Gasteiger partial charge < -0.3 is 15.0 Å². The zero-order valence-electron chi connectivity index (χ0n) is 15.3. The van der Waals surface area contributed by atoms with E-state index in [-0.39, 0.29) is 12.5 Å². The van der Waals surface area contributed by atoms with Gasteiger partial charge in [-0.05, 0) is 31.9 Å². The van der Waals surface area contributed by atoms with Crippen LogP contribution in [0.2, 0.25) is 0 Å². The minimum absolute atomic E-state index is 0.0154. The summed E-state index contributed by atoms with van der Waals surface area (Å²) in [6.07, 6.45) is 4.98. The fourth-order valence-electron chi connectivity index (χ4n) is 3.75. The Morgan fingerprint density at radius 2 is 1.84 bits per heavy atom. The molecule has 0 radical (unpaired) electrons. The highest BCUT2D eigenvalue weighted by Crippen LogP contribution is 2.20. The molecule has 5 heteroatoms. The highest BCUT2D eigenvalue weighted by atomic mass is 16.5. The van der Waals surface area contributed by atoms with Crippen molar-refractivity contribution >= 4 is 11.6 Å². The predicted octanol–water partition coefficient (Wildman–Crippen LogP) is 2.27. The Kier molecular flexibility index (Phi) is 6.70. The quantitative estimate of drug-likeness (QED) is 0.823. The summed E-state index contributed by atoms with van der Waals surface area (Å²) in [5, 5.41) is 3.03. The Labute approximate surface area is 151 Å². The predicted molar refractivity (Wildman–Crippen MR) is 101 cm³/mol. The number of ether oxygens (including phenoxy) is 1. The summed E-state index contributed by atoms with van der Waals surface area (Å²) in [5.41, 5.74) is 1.30. The van der Waals surface area contributed by atoms with Crippen molar-refractivity contribution in [1.82, 2.24) is 10.2 Å². The van der Waals surface area contributed by atoms with E-state index in [4.69, 9.17) is 4.74 Å². The van der Waals surface area contributed by atoms with E-state index in [1.54, 1.807) is 0 Å². The van der Waals surface area contributed by atoms with E-state index in [0.29, 0.717) is 18.7 Å². The molecule has 1 aliphatic carbocycles. The normalized spacial score (nSPS) is 20.6. The first-order chi connectivity index (χ1) is 12.2. The van der Waals surface area contributed by atoms with E-state index in [1.165, 1.54) is 18.5 Å². The maximum absolute atomic E-state index is 12.0. The lowest BCUT2D eigenvalue weighted by atomic mass is 10.2. The van der Waals surface area contributed by atoms with Gasteiger partial charge in [0.15, 0.2) is 0 Å². The molecule has 0 unspecified atom stereocenters. The summed E-state index contributed by atoms with van der Waals surface area (Å²) in [6, 6.07) is 10.9. The van der Waals surface area contributed by atoms with Crippen LogP contribution in [-0.4, -0.2) is 62.3 Å². The fourth-order valence-corrected chi connectivity index (χ4v) is 3.75. The number of anilines is 1. The summed E-state index contributed by atoms with van der Waals surface area (Å²) < 4.78 is 5.67. The lowest BCUT2D eigenvalue weighted by Crippen LogP contribution is -2.52. The number of carbonyl (C=O) groups is 1. The molecule has 138 valence electrons. The molecule has 5 nitrogen and oxygen atoms in total. The molecule has 0 spiro atoms. The molecule has 1 atom stereocenters. The Morgan fingerprint density at radius 3 is 2.52 bits per heavy atom. The van der Waals surface area contributed by atoms with Gasteiger partial charge in [0.1, 0.15) is 6.61 Å². The van der Waals surface area contributed by atoms with Gasteiger partial charge >= 0.3 is 0 Å². The highest BCUT2D eigenvalue weighted by Gasteiger charge is 2.22. The first-order valence-corrected chi connectivity index (χ1v) is 9.65. The van der Waals surface area contributed by atoms with Crippen LogP contribution < -0.4 is 10.2 Å². The van der Waals surface area contributed by atoms with Crippen LogP contribution in [0.3, 0.4) is 0 Å². The van der Waals surface area contributed by atoms with Crippen LogP contribution in [0.25, 0.3) is 0 Å². The summed E-state index contributed by atoms with van der Waals surface area (Å²) in [5.74, 6) is 0.0154. The standard InChI is InChI=1S/C20H31N3O2/c1-17(15-21-20(24)16-25-19-9-5-6-10-19)22-11-13-23(14-12-22)18-7-3-2-4-8-18/h2-4,7-8,17,19H,5-6,9-16H2,1H3,(H,21,24)/t17-/m1/s1. The van der Waals surface area contributed by atoms with Crippen molar-refractivity contribution in [1.29, 1.82) is 0 Å². The summed E-state index contributed by atoms with van der Waals surface area (Å²) in [6.45, 7) is 7.23. The molecule has 1 heterocycles. The molecule has 0 aromatic heterocycles. The van der Waals surface area contributed by atoms with Crippen molar-refractivity contribution in [3.8, 4) is 0 Å². The van der Waals surface area contributed by atoms with E-state index >= 15 is 0 Å². The summed E-state index contributed by atoms with van der Waals surface area (Å²) in [4.78, 5) is 16.8. The third-order valence-electron chi connectivity index (χ3n) is 5.41. The maximum atomic E-state index is 12.0. The average molecular weight is 345 g/mol. The van der Waals surface area contributed by atoms with Crippen LogP contribution in [0, 0.1) is 0 Å². The van der Waals surface area contributed by atoms with Gasteiger partial charge in [0.2, 0.25) is 5.91 Å². The molecule has 2 fully saturated rings. The molecule has 2 aliphatic rings. The number of nitrogens with zero attached hydrogens (tertiary/aromatic N) is 2. The Bertz CT molecular complexity index is 523. The molecule has 1 N–H and O–H groups in total. The Balaban J connectivity index is 1.33. The van der Waals surface area contributed by atoms with Gasteiger partial charge in [-0.25, -0.2) is 0 Å². The lowest BCUT2D eigenvalue weighted by Gasteiger charge is -2.39. The van der Waals surface area contributed by atoms with Gasteiger partial charge in [0.25, 0.3) is 0 Å². The lowest BCUT2D eigenvalue weighted by molar-refractivity contribution is -0.127. The molecule has 3 rings (SSSR count). The molecule has 25 heavy (non-hydrogen) atoms. The van der Waals surface area contributed by atoms with E-state index in [2.05, 4.69) is 52.4 Å². The zero-order chi connectivity index (χ0) is 17.5. The number of amides is 1. The molecule has 1 aromatic carbocycles. The SMILES string of the molecule is C[C@H](CNC(=O)COC1CCCC1)N1CCN(c2ccccc2)CC1. The molecular weight excluding hydrogens is 314 g/mol. The maximum Gasteiger partial charge on any atom is 0.246 e. The topological polar surface area (TPSA) is 44.8 Å². The van der Waals surface area contributed by atoms with Crippen molar-refractivity contribution in [3.63, 3.8) is 0 Å². The first kappa shape index (κ1) is 18.2. The van der Waals surface area contributed by atoms with Crippen LogP contribution in [-0.2, 0) is 9.53 Å². The second-order valence-corrected chi connectivity index (χ2v) is 7.23. The molecule has 1 aliphatic heterocycles. The van der Waals surface area contributed by atoms with Crippen molar-refractivity contribution in [2.75, 3.05) is 44.2 Å². The van der Waals surface area contributed by atoms with Gasteiger partial charge in [-0.15, -0.1) is 0 Å². The van der Waals surface area contributed by atoms with Crippen molar-refractivity contribution in [3.05, 3.63) is 30.3 Å². The second kappa shape index (κ2) is 9.20. The number of carbonyl (C=O) groups excluding carboxylic acids is 1. The second-order valence-electron chi connectivity index (χ2n) is 7.23.